The minimum Gasteiger partial charge on any atom is -0.481 e. The number of fused-ring (bicyclic) bond motifs is 1. The van der Waals surface area contributed by atoms with Gasteiger partial charge in [-0.15, -0.1) is 0 Å². The van der Waals surface area contributed by atoms with Gasteiger partial charge in [0.2, 0.25) is 0 Å². The molecular weight excluding hydrogens is 262 g/mol. The molecule has 0 unspecified atom stereocenters. The lowest BCUT2D eigenvalue weighted by atomic mass is 10.1. The van der Waals surface area contributed by atoms with Crippen LogP contribution in [0.4, 0.5) is 0 Å². The largest absolute Gasteiger partial charge is 0.481 e. The number of benzene rings is 2. The molecule has 0 heterocycles. The molecule has 1 amide bonds. The summed E-state index contributed by atoms with van der Waals surface area (Å²) in [5.41, 5.74) is -0.253. The molecule has 0 aliphatic rings. The average Bonchev–Trinajstić information content (AvgIpc) is 2.42. The summed E-state index contributed by atoms with van der Waals surface area (Å²) < 4.78 is 5.87. The zero-order valence-corrected chi connectivity index (χ0v) is 13.1. The van der Waals surface area contributed by atoms with Gasteiger partial charge in [0.1, 0.15) is 5.75 Å². The monoisotopic (exact) mass is 285 g/mol. The molecule has 0 aliphatic heterocycles. The highest BCUT2D eigenvalue weighted by Crippen LogP contribution is 2.22. The predicted molar refractivity (Wildman–Crippen MR) is 86.6 cm³/mol. The lowest BCUT2D eigenvalue weighted by Gasteiger charge is -2.25. The van der Waals surface area contributed by atoms with Gasteiger partial charge in [0.25, 0.3) is 5.91 Å². The van der Waals surface area contributed by atoms with Gasteiger partial charge in [-0.2, -0.15) is 0 Å². The van der Waals surface area contributed by atoms with Crippen molar-refractivity contribution in [1.29, 1.82) is 0 Å². The molecule has 0 radical (unpaired) electrons. The standard InChI is InChI=1S/C18H23NO2/c1-5-16(17(20)19-18(2,3)4)21-15-11-10-13-8-6-7-9-14(13)12-15/h6-12,16H,5H2,1-4H3,(H,19,20)/t16-/m0/s1. The van der Waals surface area contributed by atoms with Gasteiger partial charge in [-0.3, -0.25) is 4.79 Å². The summed E-state index contributed by atoms with van der Waals surface area (Å²) >= 11 is 0. The Labute approximate surface area is 126 Å². The minimum absolute atomic E-state index is 0.0711. The van der Waals surface area contributed by atoms with Crippen molar-refractivity contribution < 1.29 is 9.53 Å². The molecule has 1 atom stereocenters. The molecular formula is C18H23NO2. The van der Waals surface area contributed by atoms with Gasteiger partial charge in [0.05, 0.1) is 0 Å². The molecule has 1 N–H and O–H groups in total. The van der Waals surface area contributed by atoms with E-state index in [2.05, 4.69) is 11.4 Å². The van der Waals surface area contributed by atoms with Gasteiger partial charge in [-0.1, -0.05) is 37.3 Å². The molecule has 0 aliphatic carbocycles. The van der Waals surface area contributed by atoms with Crippen LogP contribution in [0.25, 0.3) is 10.8 Å². The van der Waals surface area contributed by atoms with E-state index in [0.29, 0.717) is 6.42 Å². The number of ether oxygens (including phenoxy) is 1. The quantitative estimate of drug-likeness (QED) is 0.925. The molecule has 3 heteroatoms. The SMILES string of the molecule is CC[C@H](Oc1ccc2ccccc2c1)C(=O)NC(C)(C)C. The van der Waals surface area contributed by atoms with Crippen LogP contribution in [-0.2, 0) is 4.79 Å². The molecule has 2 rings (SSSR count). The van der Waals surface area contributed by atoms with Crippen LogP contribution < -0.4 is 10.1 Å². The highest BCUT2D eigenvalue weighted by atomic mass is 16.5. The van der Waals surface area contributed by atoms with Gasteiger partial charge in [0.15, 0.2) is 6.10 Å². The maximum atomic E-state index is 12.2. The smallest absolute Gasteiger partial charge is 0.261 e. The Morgan fingerprint density at radius 1 is 1.14 bits per heavy atom. The fraction of sp³-hybridized carbons (Fsp3) is 0.389. The maximum absolute atomic E-state index is 12.2. The first kappa shape index (κ1) is 15.4. The Hall–Kier alpha value is -2.03. The summed E-state index contributed by atoms with van der Waals surface area (Å²) in [6.45, 7) is 7.85. The molecule has 21 heavy (non-hydrogen) atoms. The zero-order valence-electron chi connectivity index (χ0n) is 13.1. The van der Waals surface area contributed by atoms with Gasteiger partial charge in [-0.25, -0.2) is 0 Å². The minimum atomic E-state index is -0.467. The highest BCUT2D eigenvalue weighted by molar-refractivity contribution is 5.84. The van der Waals surface area contributed by atoms with Crippen LogP contribution in [0.3, 0.4) is 0 Å². The molecule has 2 aromatic carbocycles. The summed E-state index contributed by atoms with van der Waals surface area (Å²) in [6.07, 6.45) is 0.166. The Morgan fingerprint density at radius 2 is 1.81 bits per heavy atom. The summed E-state index contributed by atoms with van der Waals surface area (Å²) in [5, 5.41) is 5.24. The van der Waals surface area contributed by atoms with Gasteiger partial charge >= 0.3 is 0 Å². The molecule has 0 saturated carbocycles. The summed E-state index contributed by atoms with van der Waals surface area (Å²) in [4.78, 5) is 12.2. The average molecular weight is 285 g/mol. The lowest BCUT2D eigenvalue weighted by Crippen LogP contribution is -2.47. The van der Waals surface area contributed by atoms with E-state index < -0.39 is 6.10 Å². The van der Waals surface area contributed by atoms with Crippen molar-refractivity contribution in [3.05, 3.63) is 42.5 Å². The number of hydrogen-bond donors (Lipinski definition) is 1. The van der Waals surface area contributed by atoms with Crippen molar-refractivity contribution in [1.82, 2.24) is 5.32 Å². The molecule has 0 aromatic heterocycles. The van der Waals surface area contributed by atoms with E-state index in [1.807, 2.05) is 64.1 Å². The van der Waals surface area contributed by atoms with Crippen molar-refractivity contribution >= 4 is 16.7 Å². The van der Waals surface area contributed by atoms with Gasteiger partial charge in [0, 0.05) is 5.54 Å². The first-order valence-corrected chi connectivity index (χ1v) is 7.36. The molecule has 0 saturated heterocycles. The van der Waals surface area contributed by atoms with Crippen LogP contribution in [0.15, 0.2) is 42.5 Å². The highest BCUT2D eigenvalue weighted by Gasteiger charge is 2.23. The Morgan fingerprint density at radius 3 is 2.43 bits per heavy atom. The summed E-state index contributed by atoms with van der Waals surface area (Å²) in [6, 6.07) is 14.0. The van der Waals surface area contributed by atoms with Crippen LogP contribution in [0.1, 0.15) is 34.1 Å². The number of amides is 1. The first-order valence-electron chi connectivity index (χ1n) is 7.36. The van der Waals surface area contributed by atoms with E-state index in [4.69, 9.17) is 4.74 Å². The molecule has 0 spiro atoms. The van der Waals surface area contributed by atoms with Crippen molar-refractivity contribution in [2.24, 2.45) is 0 Å². The second-order valence-corrected chi connectivity index (χ2v) is 6.26. The van der Waals surface area contributed by atoms with E-state index in [1.165, 1.54) is 0 Å². The molecule has 2 aromatic rings. The van der Waals surface area contributed by atoms with Crippen molar-refractivity contribution in [2.45, 2.75) is 45.8 Å². The number of hydrogen-bond acceptors (Lipinski definition) is 2. The van der Waals surface area contributed by atoms with E-state index in [1.54, 1.807) is 0 Å². The van der Waals surface area contributed by atoms with Crippen LogP contribution in [0.5, 0.6) is 5.75 Å². The number of nitrogens with one attached hydrogen (secondary N) is 1. The normalized spacial score (nSPS) is 13.0. The van der Waals surface area contributed by atoms with E-state index in [0.717, 1.165) is 16.5 Å². The molecule has 0 fully saturated rings. The predicted octanol–water partition coefficient (Wildman–Crippen LogP) is 3.91. The van der Waals surface area contributed by atoms with Crippen molar-refractivity contribution in [3.63, 3.8) is 0 Å². The van der Waals surface area contributed by atoms with Crippen molar-refractivity contribution in [3.8, 4) is 5.75 Å². The Kier molecular flexibility index (Phi) is 4.51. The Balaban J connectivity index is 2.14. The topological polar surface area (TPSA) is 38.3 Å². The number of carbonyl (C=O) groups is 1. The fourth-order valence-electron chi connectivity index (χ4n) is 2.18. The maximum Gasteiger partial charge on any atom is 0.261 e. The van der Waals surface area contributed by atoms with Gasteiger partial charge in [-0.05, 0) is 50.1 Å². The third-order valence-corrected chi connectivity index (χ3v) is 3.16. The van der Waals surface area contributed by atoms with Crippen molar-refractivity contribution in [2.75, 3.05) is 0 Å². The lowest BCUT2D eigenvalue weighted by molar-refractivity contribution is -0.129. The summed E-state index contributed by atoms with van der Waals surface area (Å²) in [5.74, 6) is 0.655. The zero-order chi connectivity index (χ0) is 15.5. The van der Waals surface area contributed by atoms with E-state index in [9.17, 15) is 4.79 Å². The van der Waals surface area contributed by atoms with Gasteiger partial charge < -0.3 is 10.1 Å². The third-order valence-electron chi connectivity index (χ3n) is 3.16. The molecule has 112 valence electrons. The van der Waals surface area contributed by atoms with Crippen LogP contribution in [0.2, 0.25) is 0 Å². The summed E-state index contributed by atoms with van der Waals surface area (Å²) in [7, 11) is 0. The van der Waals surface area contributed by atoms with Crippen LogP contribution >= 0.6 is 0 Å². The van der Waals surface area contributed by atoms with Crippen LogP contribution in [0, 0.1) is 0 Å². The van der Waals surface area contributed by atoms with E-state index in [-0.39, 0.29) is 11.4 Å². The second-order valence-electron chi connectivity index (χ2n) is 6.26. The second kappa shape index (κ2) is 6.17. The first-order chi connectivity index (χ1) is 9.89. The Bertz CT molecular complexity index is 628. The number of rotatable bonds is 4. The fourth-order valence-corrected chi connectivity index (χ4v) is 2.18. The molecule has 0 bridgehead atoms. The number of carbonyl (C=O) groups excluding carboxylic acids is 1. The third kappa shape index (κ3) is 4.22. The molecule has 3 nitrogen and oxygen atoms in total. The van der Waals surface area contributed by atoms with Crippen LogP contribution in [-0.4, -0.2) is 17.6 Å². The van der Waals surface area contributed by atoms with E-state index >= 15 is 0 Å².